The molecule has 3 fully saturated rings. The molecule has 362 valence electrons. The predicted octanol–water partition coefficient (Wildman–Crippen LogP) is 3.46. The molecular weight excluding hydrogens is 865 g/mol. The van der Waals surface area contributed by atoms with Gasteiger partial charge in [-0.2, -0.15) is 0 Å². The first-order valence-corrected chi connectivity index (χ1v) is 24.1. The van der Waals surface area contributed by atoms with Crippen LogP contribution >= 0.6 is 11.3 Å². The number of methoxy groups -OCH3 is 1. The Labute approximate surface area is 393 Å². The fraction of sp³-hybridized carbons (Fsp3) is 0.604. The first-order chi connectivity index (χ1) is 31.7. The number of anilines is 2. The molecule has 0 aliphatic carbocycles. The number of aryl methyl sites for hydroxylation is 1. The molecular formula is C48H70N8O9S. The maximum Gasteiger partial charge on any atom is 0.246 e. The smallest absolute Gasteiger partial charge is 0.246 e. The van der Waals surface area contributed by atoms with Crippen molar-refractivity contribution in [1.82, 2.24) is 30.3 Å². The second-order valence-corrected chi connectivity index (χ2v) is 19.2. The summed E-state index contributed by atoms with van der Waals surface area (Å²) in [6, 6.07) is 12.6. The van der Waals surface area contributed by atoms with E-state index < -0.39 is 29.5 Å². The van der Waals surface area contributed by atoms with Gasteiger partial charge in [0.2, 0.25) is 23.6 Å². The summed E-state index contributed by atoms with van der Waals surface area (Å²) >= 11 is 1.58. The highest BCUT2D eigenvalue weighted by atomic mass is 32.1. The number of hydrogen-bond acceptors (Lipinski definition) is 14. The van der Waals surface area contributed by atoms with E-state index in [0.717, 1.165) is 79.5 Å². The van der Waals surface area contributed by atoms with Crippen molar-refractivity contribution in [2.24, 2.45) is 5.41 Å². The standard InChI is InChI=1S/C48H70N8O9S/c1-33-44(66-32-51-33)35-8-6-34(7-9-35)30-50-46(60)40-29-38(57)31-56(40)47(61)45(48(2,3)4)52-42(58)14-22-63-24-26-65-27-25-64-23-15-43(59)55-20-18-54(19-21-55)36-12-16-53(17-13-36)37-10-11-39(49)41(28-37)62-5/h6-11,28,32,36,38,40,45,57H,12-27,29-31,49H2,1-5H3,(H,50,60)(H,52,58)/t38-,40+,45-/m1/s1. The van der Waals surface area contributed by atoms with Gasteiger partial charge in [-0.1, -0.05) is 45.0 Å². The number of aliphatic hydroxyl groups is 1. The van der Waals surface area contributed by atoms with Gasteiger partial charge in [0.15, 0.2) is 0 Å². The van der Waals surface area contributed by atoms with Gasteiger partial charge in [-0.05, 0) is 48.4 Å². The molecule has 3 atom stereocenters. The zero-order chi connectivity index (χ0) is 47.2. The fourth-order valence-corrected chi connectivity index (χ4v) is 9.57. The maximum atomic E-state index is 13.9. The molecule has 0 unspecified atom stereocenters. The molecule has 17 nitrogen and oxygen atoms in total. The lowest BCUT2D eigenvalue weighted by Crippen LogP contribution is -2.57. The van der Waals surface area contributed by atoms with E-state index in [2.05, 4.69) is 31.5 Å². The number of nitrogens with two attached hydrogens (primary N) is 1. The summed E-state index contributed by atoms with van der Waals surface area (Å²) in [4.78, 5) is 66.9. The van der Waals surface area contributed by atoms with Gasteiger partial charge >= 0.3 is 0 Å². The molecule has 5 N–H and O–H groups in total. The van der Waals surface area contributed by atoms with Crippen LogP contribution in [0.15, 0.2) is 48.0 Å². The third-order valence-corrected chi connectivity index (χ3v) is 13.6. The summed E-state index contributed by atoms with van der Waals surface area (Å²) in [6.45, 7) is 14.7. The summed E-state index contributed by atoms with van der Waals surface area (Å²) in [6.07, 6.45) is 1.76. The Kier molecular flexibility index (Phi) is 18.6. The Hall–Kier alpha value is -4.85. The number of likely N-dealkylation sites (tertiary alicyclic amines) is 1. The molecule has 0 saturated carbocycles. The van der Waals surface area contributed by atoms with Gasteiger partial charge in [-0.25, -0.2) is 4.98 Å². The first kappa shape index (κ1) is 50.6. The first-order valence-electron chi connectivity index (χ1n) is 23.2. The lowest BCUT2D eigenvalue weighted by Gasteiger charge is -2.43. The van der Waals surface area contributed by atoms with E-state index in [9.17, 15) is 24.3 Å². The number of piperidine rings is 1. The van der Waals surface area contributed by atoms with Crippen molar-refractivity contribution in [2.75, 3.05) is 103 Å². The molecule has 4 amide bonds. The Morgan fingerprint density at radius 2 is 1.55 bits per heavy atom. The molecule has 3 aliphatic heterocycles. The van der Waals surface area contributed by atoms with Crippen molar-refractivity contribution < 1.29 is 43.2 Å². The number of hydrogen-bond donors (Lipinski definition) is 4. The lowest BCUT2D eigenvalue weighted by molar-refractivity contribution is -0.144. The number of β-amino-alcohol motifs (C(OH)–C–C–N with tert-alkyl or cyclic N) is 1. The molecule has 3 saturated heterocycles. The molecule has 66 heavy (non-hydrogen) atoms. The van der Waals surface area contributed by atoms with E-state index in [4.69, 9.17) is 24.7 Å². The molecule has 1 aromatic heterocycles. The molecule has 0 bridgehead atoms. The molecule has 0 radical (unpaired) electrons. The summed E-state index contributed by atoms with van der Waals surface area (Å²) in [5.74, 6) is -0.328. The normalized spacial score (nSPS) is 18.9. The molecule has 6 rings (SSSR count). The lowest BCUT2D eigenvalue weighted by atomic mass is 9.85. The van der Waals surface area contributed by atoms with Gasteiger partial charge in [-0.15, -0.1) is 11.3 Å². The minimum absolute atomic E-state index is 0.00219. The van der Waals surface area contributed by atoms with Crippen LogP contribution in [-0.2, 0) is 39.9 Å². The number of thiazole rings is 1. The van der Waals surface area contributed by atoms with Crippen LogP contribution in [0.4, 0.5) is 11.4 Å². The average molecular weight is 935 g/mol. The predicted molar refractivity (Wildman–Crippen MR) is 254 cm³/mol. The number of piperazine rings is 1. The number of nitrogen functional groups attached to an aromatic ring is 1. The third-order valence-electron chi connectivity index (χ3n) is 12.6. The topological polar surface area (TPSA) is 201 Å². The van der Waals surface area contributed by atoms with E-state index in [1.165, 1.54) is 4.90 Å². The van der Waals surface area contributed by atoms with E-state index in [1.54, 1.807) is 18.4 Å². The van der Waals surface area contributed by atoms with Crippen LogP contribution in [0.5, 0.6) is 5.75 Å². The summed E-state index contributed by atoms with van der Waals surface area (Å²) in [5, 5.41) is 16.3. The zero-order valence-electron chi connectivity index (χ0n) is 39.3. The van der Waals surface area contributed by atoms with Crippen molar-refractivity contribution in [3.63, 3.8) is 0 Å². The Bertz CT molecular complexity index is 2050. The maximum absolute atomic E-state index is 13.9. The summed E-state index contributed by atoms with van der Waals surface area (Å²) < 4.78 is 22.3. The molecule has 18 heteroatoms. The number of nitrogens with zero attached hydrogens (tertiary/aromatic N) is 5. The van der Waals surface area contributed by atoms with Crippen molar-refractivity contribution in [3.8, 4) is 16.2 Å². The fourth-order valence-electron chi connectivity index (χ4n) is 8.76. The number of benzene rings is 2. The number of nitrogens with one attached hydrogen (secondary N) is 2. The van der Waals surface area contributed by atoms with Crippen LogP contribution in [0.3, 0.4) is 0 Å². The average Bonchev–Trinajstić information content (AvgIpc) is 3.93. The Morgan fingerprint density at radius 3 is 2.17 bits per heavy atom. The van der Waals surface area contributed by atoms with E-state index >= 15 is 0 Å². The van der Waals surface area contributed by atoms with Gasteiger partial charge in [0, 0.05) is 83.0 Å². The number of carbonyl (C=O) groups is 4. The van der Waals surface area contributed by atoms with Crippen LogP contribution in [0, 0.1) is 12.3 Å². The summed E-state index contributed by atoms with van der Waals surface area (Å²) in [7, 11) is 1.64. The third kappa shape index (κ3) is 14.1. The SMILES string of the molecule is COc1cc(N2CCC(N3CCN(C(=O)CCOCCOCCOCCC(=O)N[C@H](C(=O)N4C[C@H](O)C[C@H]4C(=O)NCc4ccc(-c5scnc5C)cc4)C(C)(C)C)CC3)CC2)ccc1N. The van der Waals surface area contributed by atoms with Gasteiger partial charge in [-0.3, -0.25) is 24.1 Å². The van der Waals surface area contributed by atoms with Crippen molar-refractivity contribution in [2.45, 2.75) is 90.6 Å². The van der Waals surface area contributed by atoms with Crippen LogP contribution in [0.2, 0.25) is 0 Å². The van der Waals surface area contributed by atoms with Gasteiger partial charge < -0.3 is 55.1 Å². The van der Waals surface area contributed by atoms with Crippen LogP contribution in [0.1, 0.15) is 64.1 Å². The largest absolute Gasteiger partial charge is 0.495 e. The number of aromatic nitrogens is 1. The van der Waals surface area contributed by atoms with Gasteiger partial charge in [0.1, 0.15) is 17.8 Å². The molecule has 3 aliphatic rings. The van der Waals surface area contributed by atoms with E-state index in [1.807, 2.05) is 74.5 Å². The number of ether oxygens (including phenoxy) is 4. The van der Waals surface area contributed by atoms with Crippen LogP contribution in [-0.4, -0.2) is 165 Å². The van der Waals surface area contributed by atoms with Gasteiger partial charge in [0.25, 0.3) is 0 Å². The quantitative estimate of drug-likeness (QED) is 0.0896. The second-order valence-electron chi connectivity index (χ2n) is 18.3. The number of carbonyl (C=O) groups excluding carboxylic acids is 4. The van der Waals surface area contributed by atoms with Crippen LogP contribution < -0.4 is 26.0 Å². The highest BCUT2D eigenvalue weighted by Gasteiger charge is 2.44. The number of aliphatic hydroxyl groups excluding tert-OH is 1. The summed E-state index contributed by atoms with van der Waals surface area (Å²) in [5.41, 5.74) is 11.8. The van der Waals surface area contributed by atoms with Crippen molar-refractivity contribution in [3.05, 3.63) is 59.2 Å². The molecule has 4 heterocycles. The Morgan fingerprint density at radius 1 is 0.894 bits per heavy atom. The zero-order valence-corrected chi connectivity index (χ0v) is 40.1. The molecule has 3 aromatic rings. The highest BCUT2D eigenvalue weighted by Crippen LogP contribution is 2.31. The van der Waals surface area contributed by atoms with Crippen molar-refractivity contribution >= 4 is 46.3 Å². The minimum atomic E-state index is -0.926. The second kappa shape index (κ2) is 24.3. The van der Waals surface area contributed by atoms with Crippen LogP contribution in [0.25, 0.3) is 10.4 Å². The highest BCUT2D eigenvalue weighted by molar-refractivity contribution is 7.13. The monoisotopic (exact) mass is 934 g/mol. The minimum Gasteiger partial charge on any atom is -0.495 e. The van der Waals surface area contributed by atoms with Crippen molar-refractivity contribution in [1.29, 1.82) is 0 Å². The molecule has 0 spiro atoms. The number of rotatable bonds is 21. The molecule has 2 aromatic carbocycles. The van der Waals surface area contributed by atoms with E-state index in [0.29, 0.717) is 50.3 Å². The van der Waals surface area contributed by atoms with Gasteiger partial charge in [0.05, 0.1) is 81.0 Å². The Balaban J connectivity index is 0.797. The number of amides is 4. The van der Waals surface area contributed by atoms with E-state index in [-0.39, 0.29) is 56.9 Å².